The summed E-state index contributed by atoms with van der Waals surface area (Å²) in [5.74, 6) is 2.43. The van der Waals surface area contributed by atoms with Gasteiger partial charge in [0.15, 0.2) is 0 Å². The maximum atomic E-state index is 12.3. The summed E-state index contributed by atoms with van der Waals surface area (Å²) in [4.78, 5) is 0. The molecule has 0 saturated carbocycles. The van der Waals surface area contributed by atoms with Crippen LogP contribution in [0.15, 0.2) is 48.5 Å². The molecule has 2 heterocycles. The number of aromatic hydroxyl groups is 2. The molecule has 0 spiro atoms. The van der Waals surface area contributed by atoms with Crippen LogP contribution in [0, 0.1) is 0 Å². The third kappa shape index (κ3) is 7.65. The highest BCUT2D eigenvalue weighted by atomic mass is 28.4. The first-order valence-electron chi connectivity index (χ1n) is 19.8. The first-order valence-corrected chi connectivity index (χ1v) is 22.1. The van der Waals surface area contributed by atoms with Crippen LogP contribution in [0.5, 0.6) is 23.0 Å². The minimum Gasteiger partial charge on any atom is -0.511 e. The largest absolute Gasteiger partial charge is 0.511 e. The molecule has 4 aromatic rings. The van der Waals surface area contributed by atoms with Crippen LogP contribution in [0.1, 0.15) is 164 Å². The van der Waals surface area contributed by atoms with E-state index in [1.165, 1.54) is 22.3 Å². The minimum atomic E-state index is -2.87. The predicted molar refractivity (Wildman–Crippen MR) is 223 cm³/mol. The third-order valence-corrected chi connectivity index (χ3v) is 15.0. The molecule has 10 bridgehead atoms. The van der Waals surface area contributed by atoms with Gasteiger partial charge in [-0.2, -0.15) is 0 Å². The van der Waals surface area contributed by atoms with E-state index in [2.05, 4.69) is 145 Å². The molecular formula is C48H64O4Si. The zero-order chi connectivity index (χ0) is 39.1. The van der Waals surface area contributed by atoms with Crippen molar-refractivity contribution in [2.75, 3.05) is 0 Å². The van der Waals surface area contributed by atoms with Crippen molar-refractivity contribution in [2.24, 2.45) is 0 Å². The van der Waals surface area contributed by atoms with E-state index < -0.39 is 8.56 Å². The van der Waals surface area contributed by atoms with E-state index in [0.29, 0.717) is 37.2 Å². The van der Waals surface area contributed by atoms with E-state index >= 15 is 0 Å². The molecule has 0 fully saturated rings. The smallest absolute Gasteiger partial charge is 0.459 e. The van der Waals surface area contributed by atoms with Gasteiger partial charge in [-0.1, -0.05) is 145 Å². The standard InChI is InChI=1S/C48H64O4Si/c1-15-53(16-2)51-43-33-18-31-23-37(45(3,4)5)21-29(41(31)49)17-30-22-38(46(6,7)8)24-32(42(30)50)19-34-26-40(48(12,13)14)28-36(44(34)52-53)20-35(43)27-39(25-33)47(9,10)11/h21-28,49-50H,15-20H2,1-14H3. The van der Waals surface area contributed by atoms with Crippen LogP contribution in [0.4, 0.5) is 0 Å². The zero-order valence-corrected chi connectivity index (χ0v) is 36.1. The first kappa shape index (κ1) is 39.0. The molecule has 0 radical (unpaired) electrons. The van der Waals surface area contributed by atoms with Gasteiger partial charge in [-0.25, -0.2) is 0 Å². The second-order valence-corrected chi connectivity index (χ2v) is 23.7. The van der Waals surface area contributed by atoms with Crippen molar-refractivity contribution in [1.29, 1.82) is 0 Å². The highest BCUT2D eigenvalue weighted by Crippen LogP contribution is 2.46. The molecule has 0 saturated heterocycles. The van der Waals surface area contributed by atoms with Crippen LogP contribution in [-0.4, -0.2) is 18.8 Å². The molecule has 0 aromatic heterocycles. The van der Waals surface area contributed by atoms with Crippen LogP contribution in [0.3, 0.4) is 0 Å². The fourth-order valence-electron chi connectivity index (χ4n) is 7.84. The van der Waals surface area contributed by atoms with Gasteiger partial charge in [-0.3, -0.25) is 0 Å². The monoisotopic (exact) mass is 732 g/mol. The van der Waals surface area contributed by atoms with Gasteiger partial charge < -0.3 is 19.1 Å². The quantitative estimate of drug-likeness (QED) is 0.177. The molecule has 53 heavy (non-hydrogen) atoms. The van der Waals surface area contributed by atoms with Crippen LogP contribution in [0.2, 0.25) is 12.1 Å². The molecule has 3 aliphatic rings. The molecule has 2 N–H and O–H groups in total. The summed E-state index contributed by atoms with van der Waals surface area (Å²) in [7, 11) is -2.87. The Bertz CT molecular complexity index is 1910. The van der Waals surface area contributed by atoms with E-state index in [1.54, 1.807) is 0 Å². The molecule has 1 aliphatic carbocycles. The fourth-order valence-corrected chi connectivity index (χ4v) is 10.2. The average Bonchev–Trinajstić information content (AvgIpc) is 3.02. The minimum absolute atomic E-state index is 0.0970. The second kappa shape index (κ2) is 13.3. The topological polar surface area (TPSA) is 58.9 Å². The average molecular weight is 733 g/mol. The van der Waals surface area contributed by atoms with Crippen LogP contribution in [-0.2, 0) is 47.3 Å². The third-order valence-electron chi connectivity index (χ3n) is 11.7. The van der Waals surface area contributed by atoms with Gasteiger partial charge in [0, 0.05) is 37.8 Å². The molecule has 7 rings (SSSR count). The molecular weight excluding hydrogens is 669 g/mol. The molecule has 0 atom stereocenters. The Morgan fingerprint density at radius 3 is 0.849 bits per heavy atom. The van der Waals surface area contributed by atoms with Crippen LogP contribution < -0.4 is 8.85 Å². The Morgan fingerprint density at radius 2 is 0.623 bits per heavy atom. The van der Waals surface area contributed by atoms with Gasteiger partial charge >= 0.3 is 8.56 Å². The summed E-state index contributed by atoms with van der Waals surface area (Å²) in [6, 6.07) is 19.6. The zero-order valence-electron chi connectivity index (χ0n) is 35.1. The van der Waals surface area contributed by atoms with Crippen molar-refractivity contribution < 1.29 is 19.1 Å². The summed E-state index contributed by atoms with van der Waals surface area (Å²) in [6.07, 6.45) is 2.12. The van der Waals surface area contributed by atoms with Gasteiger partial charge in [-0.15, -0.1) is 0 Å². The summed E-state index contributed by atoms with van der Waals surface area (Å²) in [5, 5.41) is 24.5. The lowest BCUT2D eigenvalue weighted by Crippen LogP contribution is -2.48. The maximum absolute atomic E-state index is 12.3. The van der Waals surface area contributed by atoms with Crippen molar-refractivity contribution >= 4 is 8.56 Å². The van der Waals surface area contributed by atoms with Crippen molar-refractivity contribution in [2.45, 2.75) is 156 Å². The Balaban J connectivity index is 1.79. The number of phenolic OH excluding ortho intramolecular Hbond substituents is 2. The van der Waals surface area contributed by atoms with Crippen molar-refractivity contribution in [3.63, 3.8) is 0 Å². The van der Waals surface area contributed by atoms with Gasteiger partial charge in [-0.05, 0) is 88.4 Å². The number of rotatable bonds is 2. The van der Waals surface area contributed by atoms with Gasteiger partial charge in [0.1, 0.15) is 23.0 Å². The first-order chi connectivity index (χ1) is 24.4. The molecule has 284 valence electrons. The Labute approximate surface area is 321 Å². The lowest BCUT2D eigenvalue weighted by atomic mass is 9.79. The number of phenols is 2. The van der Waals surface area contributed by atoms with Crippen molar-refractivity contribution in [1.82, 2.24) is 0 Å². The van der Waals surface area contributed by atoms with E-state index in [1.807, 2.05) is 0 Å². The van der Waals surface area contributed by atoms with E-state index in [9.17, 15) is 10.2 Å². The molecule has 2 aliphatic heterocycles. The van der Waals surface area contributed by atoms with E-state index in [4.69, 9.17) is 8.85 Å². The molecule has 0 unspecified atom stereocenters. The summed E-state index contributed by atoms with van der Waals surface area (Å²) in [5.41, 5.74) is 12.3. The summed E-state index contributed by atoms with van der Waals surface area (Å²) >= 11 is 0. The number of hydrogen-bond acceptors (Lipinski definition) is 4. The Hall–Kier alpha value is -3.70. The second-order valence-electron chi connectivity index (χ2n) is 20.1. The number of fused-ring (bicyclic) bond motifs is 2. The SMILES string of the molecule is CC[Si]1(CC)Oc2c3cc(C(C)(C)C)cc2Cc2cc(C(C)(C)C)cc(c2O1)Cc1cc(C(C)(C)C)cc(c1O)Cc1cc(C(C)(C)C)cc(c1O)C3. The highest BCUT2D eigenvalue weighted by Gasteiger charge is 2.43. The fraction of sp³-hybridized carbons (Fsp3) is 0.500. The van der Waals surface area contributed by atoms with Crippen molar-refractivity contribution in [3.8, 4) is 23.0 Å². The van der Waals surface area contributed by atoms with Gasteiger partial charge in [0.2, 0.25) is 0 Å². The Morgan fingerprint density at radius 1 is 0.415 bits per heavy atom. The molecule has 4 aromatic carbocycles. The van der Waals surface area contributed by atoms with Crippen LogP contribution in [0.25, 0.3) is 0 Å². The number of hydrogen-bond donors (Lipinski definition) is 2. The summed E-state index contributed by atoms with van der Waals surface area (Å²) < 4.78 is 14.8. The Kier molecular flexibility index (Phi) is 9.75. The van der Waals surface area contributed by atoms with Crippen molar-refractivity contribution in [3.05, 3.63) is 115 Å². The van der Waals surface area contributed by atoms with Crippen LogP contribution >= 0.6 is 0 Å². The molecule has 4 nitrogen and oxygen atoms in total. The molecule has 0 amide bonds. The lowest BCUT2D eigenvalue weighted by Gasteiger charge is -2.37. The normalized spacial score (nSPS) is 15.8. The summed E-state index contributed by atoms with van der Waals surface area (Å²) in [6.45, 7) is 31.4. The molecule has 5 heteroatoms. The van der Waals surface area contributed by atoms with E-state index in [0.717, 1.165) is 68.1 Å². The van der Waals surface area contributed by atoms with E-state index in [-0.39, 0.29) is 21.7 Å². The number of benzene rings is 4. The van der Waals surface area contributed by atoms with Gasteiger partial charge in [0.05, 0.1) is 0 Å². The highest BCUT2D eigenvalue weighted by molar-refractivity contribution is 6.68. The maximum Gasteiger partial charge on any atom is 0.459 e. The van der Waals surface area contributed by atoms with Gasteiger partial charge in [0.25, 0.3) is 0 Å². The lowest BCUT2D eigenvalue weighted by molar-refractivity contribution is 0.368. The predicted octanol–water partition coefficient (Wildman–Crippen LogP) is 12.2.